The number of nitrogens with one attached hydrogen (secondary N) is 1. The number of rotatable bonds is 3. The van der Waals surface area contributed by atoms with Crippen molar-refractivity contribution < 1.29 is 18.0 Å². The van der Waals surface area contributed by atoms with Crippen LogP contribution in [0, 0.1) is 6.92 Å². The van der Waals surface area contributed by atoms with E-state index in [2.05, 4.69) is 10.4 Å². The van der Waals surface area contributed by atoms with Gasteiger partial charge in [0.2, 0.25) is 0 Å². The first-order chi connectivity index (χ1) is 13.3. The number of aryl methyl sites for hydroxylation is 1. The highest BCUT2D eigenvalue weighted by Gasteiger charge is 2.30. The Hall–Kier alpha value is -2.74. The summed E-state index contributed by atoms with van der Waals surface area (Å²) in [6.07, 6.45) is -4.43. The number of nitrogens with zero attached hydrogens (tertiary/aromatic N) is 2. The summed E-state index contributed by atoms with van der Waals surface area (Å²) >= 11 is 1.71. The number of anilines is 1. The number of halogens is 3. The molecule has 0 aliphatic carbocycles. The monoisotopic (exact) mass is 403 g/mol. The highest BCUT2D eigenvalue weighted by molar-refractivity contribution is 7.98. The van der Waals surface area contributed by atoms with Crippen molar-refractivity contribution in [3.8, 4) is 5.69 Å². The molecular formula is C20H16F3N3OS. The van der Waals surface area contributed by atoms with E-state index in [-0.39, 0.29) is 5.56 Å². The molecule has 8 heteroatoms. The molecule has 1 amide bonds. The van der Waals surface area contributed by atoms with Gasteiger partial charge in [-0.1, -0.05) is 12.1 Å². The second-order valence-corrected chi connectivity index (χ2v) is 7.53. The van der Waals surface area contributed by atoms with E-state index in [4.69, 9.17) is 0 Å². The molecule has 2 aromatic carbocycles. The minimum atomic E-state index is -4.43. The van der Waals surface area contributed by atoms with Crippen molar-refractivity contribution in [2.75, 3.05) is 5.32 Å². The lowest BCUT2D eigenvalue weighted by Gasteiger charge is -2.12. The number of fused-ring (bicyclic) bond motifs is 1. The summed E-state index contributed by atoms with van der Waals surface area (Å²) in [7, 11) is 0. The standard InChI is InChI=1S/C20H16F3N3OS/c1-12-3-2-4-15(9-12)26-18(16-10-28-11-17(16)25-26)24-19(27)13-5-7-14(8-6-13)20(21,22)23/h2-9H,10-11H2,1H3,(H,24,27). The van der Waals surface area contributed by atoms with Crippen LogP contribution in [0.1, 0.15) is 32.7 Å². The van der Waals surface area contributed by atoms with Crippen LogP contribution in [-0.4, -0.2) is 15.7 Å². The zero-order valence-corrected chi connectivity index (χ0v) is 15.7. The number of aromatic nitrogens is 2. The Balaban J connectivity index is 1.67. The molecule has 0 saturated carbocycles. The minimum absolute atomic E-state index is 0.157. The van der Waals surface area contributed by atoms with Gasteiger partial charge in [0.05, 0.1) is 16.9 Å². The van der Waals surface area contributed by atoms with Crippen LogP contribution in [0.25, 0.3) is 5.69 Å². The van der Waals surface area contributed by atoms with Crippen molar-refractivity contribution >= 4 is 23.5 Å². The Morgan fingerprint density at radius 2 is 1.89 bits per heavy atom. The third kappa shape index (κ3) is 3.52. The molecule has 1 aliphatic heterocycles. The molecule has 0 spiro atoms. The molecule has 0 unspecified atom stereocenters. The number of carbonyl (C=O) groups excluding carboxylic acids is 1. The normalized spacial score (nSPS) is 13.4. The second kappa shape index (κ2) is 7.01. The Bertz CT molecular complexity index is 1040. The molecule has 0 bridgehead atoms. The fourth-order valence-corrected chi connectivity index (χ4v) is 4.11. The van der Waals surface area contributed by atoms with Crippen molar-refractivity contribution in [2.45, 2.75) is 24.6 Å². The zero-order valence-electron chi connectivity index (χ0n) is 14.9. The maximum atomic E-state index is 12.7. The highest BCUT2D eigenvalue weighted by atomic mass is 32.2. The summed E-state index contributed by atoms with van der Waals surface area (Å²) in [5.41, 5.74) is 3.11. The fraction of sp³-hybridized carbons (Fsp3) is 0.200. The van der Waals surface area contributed by atoms with Crippen LogP contribution in [0.3, 0.4) is 0 Å². The lowest BCUT2D eigenvalue weighted by atomic mass is 10.1. The minimum Gasteiger partial charge on any atom is -0.306 e. The van der Waals surface area contributed by atoms with Gasteiger partial charge in [-0.25, -0.2) is 4.68 Å². The third-order valence-electron chi connectivity index (χ3n) is 4.50. The van der Waals surface area contributed by atoms with Gasteiger partial charge in [-0.2, -0.15) is 30.0 Å². The van der Waals surface area contributed by atoms with E-state index in [0.29, 0.717) is 5.82 Å². The molecule has 1 N–H and O–H groups in total. The number of thioether (sulfide) groups is 1. The van der Waals surface area contributed by atoms with Crippen LogP contribution in [0.15, 0.2) is 48.5 Å². The van der Waals surface area contributed by atoms with Crippen molar-refractivity contribution in [2.24, 2.45) is 0 Å². The van der Waals surface area contributed by atoms with Crippen LogP contribution < -0.4 is 5.32 Å². The summed E-state index contributed by atoms with van der Waals surface area (Å²) in [6.45, 7) is 1.97. The van der Waals surface area contributed by atoms with Gasteiger partial charge in [-0.15, -0.1) is 0 Å². The van der Waals surface area contributed by atoms with E-state index < -0.39 is 17.6 Å². The van der Waals surface area contributed by atoms with E-state index in [1.807, 2.05) is 31.2 Å². The summed E-state index contributed by atoms with van der Waals surface area (Å²) in [5, 5.41) is 7.48. The van der Waals surface area contributed by atoms with Crippen molar-refractivity contribution in [3.05, 3.63) is 76.5 Å². The predicted octanol–water partition coefficient (Wildman–Crippen LogP) is 5.20. The van der Waals surface area contributed by atoms with Crippen LogP contribution >= 0.6 is 11.8 Å². The first kappa shape index (κ1) is 18.6. The first-order valence-electron chi connectivity index (χ1n) is 8.57. The van der Waals surface area contributed by atoms with Gasteiger partial charge in [0.25, 0.3) is 5.91 Å². The Kier molecular flexibility index (Phi) is 4.66. The van der Waals surface area contributed by atoms with Crippen LogP contribution in [-0.2, 0) is 17.7 Å². The average Bonchev–Trinajstić information content (AvgIpc) is 3.24. The van der Waals surface area contributed by atoms with Gasteiger partial charge in [0.1, 0.15) is 5.82 Å². The molecule has 144 valence electrons. The summed E-state index contributed by atoms with van der Waals surface area (Å²) in [4.78, 5) is 12.7. The largest absolute Gasteiger partial charge is 0.416 e. The molecule has 0 atom stereocenters. The first-order valence-corrected chi connectivity index (χ1v) is 9.72. The van der Waals surface area contributed by atoms with Crippen LogP contribution in [0.2, 0.25) is 0 Å². The van der Waals surface area contributed by atoms with Gasteiger partial charge in [0, 0.05) is 22.6 Å². The fourth-order valence-electron chi connectivity index (χ4n) is 3.08. The molecule has 4 rings (SSSR count). The molecule has 0 fully saturated rings. The quantitative estimate of drug-likeness (QED) is 0.654. The Morgan fingerprint density at radius 1 is 1.14 bits per heavy atom. The van der Waals surface area contributed by atoms with Gasteiger partial charge >= 0.3 is 6.18 Å². The van der Waals surface area contributed by atoms with Crippen molar-refractivity contribution in [3.63, 3.8) is 0 Å². The maximum absolute atomic E-state index is 12.7. The molecule has 28 heavy (non-hydrogen) atoms. The number of hydrogen-bond acceptors (Lipinski definition) is 3. The Labute approximate surface area is 163 Å². The maximum Gasteiger partial charge on any atom is 0.416 e. The van der Waals surface area contributed by atoms with E-state index in [1.165, 1.54) is 12.1 Å². The van der Waals surface area contributed by atoms with Gasteiger partial charge < -0.3 is 5.32 Å². The molecule has 4 nitrogen and oxygen atoms in total. The van der Waals surface area contributed by atoms with E-state index in [1.54, 1.807) is 16.4 Å². The molecule has 1 aliphatic rings. The predicted molar refractivity (Wildman–Crippen MR) is 103 cm³/mol. The lowest BCUT2D eigenvalue weighted by Crippen LogP contribution is -2.16. The number of carbonyl (C=O) groups is 1. The van der Waals surface area contributed by atoms with Gasteiger partial charge in [0.15, 0.2) is 0 Å². The second-order valence-electron chi connectivity index (χ2n) is 6.55. The van der Waals surface area contributed by atoms with Crippen molar-refractivity contribution in [1.82, 2.24) is 9.78 Å². The smallest absolute Gasteiger partial charge is 0.306 e. The highest BCUT2D eigenvalue weighted by Crippen LogP contribution is 2.36. The lowest BCUT2D eigenvalue weighted by molar-refractivity contribution is -0.137. The zero-order chi connectivity index (χ0) is 19.9. The summed E-state index contributed by atoms with van der Waals surface area (Å²) in [5.74, 6) is 1.58. The third-order valence-corrected chi connectivity index (χ3v) is 5.47. The topological polar surface area (TPSA) is 46.9 Å². The number of amides is 1. The molecule has 1 aromatic heterocycles. The molecule has 2 heterocycles. The van der Waals surface area contributed by atoms with Gasteiger partial charge in [-0.05, 0) is 48.9 Å². The summed E-state index contributed by atoms with van der Waals surface area (Å²) in [6, 6.07) is 11.9. The van der Waals surface area contributed by atoms with Crippen LogP contribution in [0.5, 0.6) is 0 Å². The Morgan fingerprint density at radius 3 is 2.57 bits per heavy atom. The molecule has 0 radical (unpaired) electrons. The van der Waals surface area contributed by atoms with E-state index in [0.717, 1.165) is 46.1 Å². The average molecular weight is 403 g/mol. The van der Waals surface area contributed by atoms with E-state index >= 15 is 0 Å². The SMILES string of the molecule is Cc1cccc(-n2nc3c(c2NC(=O)c2ccc(C(F)(F)F)cc2)CSC3)c1. The van der Waals surface area contributed by atoms with Crippen LogP contribution in [0.4, 0.5) is 19.0 Å². The number of benzene rings is 2. The van der Waals surface area contributed by atoms with Crippen molar-refractivity contribution in [1.29, 1.82) is 0 Å². The van der Waals surface area contributed by atoms with E-state index in [9.17, 15) is 18.0 Å². The molecular weight excluding hydrogens is 387 g/mol. The molecule has 0 saturated heterocycles. The molecule has 3 aromatic rings. The number of hydrogen-bond donors (Lipinski definition) is 1. The number of alkyl halides is 3. The van der Waals surface area contributed by atoms with Gasteiger partial charge in [-0.3, -0.25) is 4.79 Å². The summed E-state index contributed by atoms with van der Waals surface area (Å²) < 4.78 is 39.9.